The minimum atomic E-state index is 0.530. The first-order valence-electron chi connectivity index (χ1n) is 26.3. The quantitative estimate of drug-likeness (QED) is 0.160. The predicted octanol–water partition coefficient (Wildman–Crippen LogP) is 17.7. The molecular formula is C71H43N7. The lowest BCUT2D eigenvalue weighted by Crippen LogP contribution is -2.06. The topological polar surface area (TPSA) is 69.3 Å². The Hall–Kier alpha value is -10.8. The molecule has 0 unspecified atom stereocenters. The summed E-state index contributed by atoms with van der Waals surface area (Å²) in [6.45, 7) is 0. The zero-order valence-electron chi connectivity index (χ0n) is 42.0. The fourth-order valence-corrected chi connectivity index (χ4v) is 12.4. The van der Waals surface area contributed by atoms with E-state index in [0.717, 1.165) is 117 Å². The molecule has 0 aliphatic heterocycles. The van der Waals surface area contributed by atoms with E-state index in [1.807, 2.05) is 36.4 Å². The van der Waals surface area contributed by atoms with Crippen molar-refractivity contribution in [1.29, 1.82) is 5.26 Å². The lowest BCUT2D eigenvalue weighted by Gasteiger charge is -2.19. The molecule has 7 nitrogen and oxygen atoms in total. The van der Waals surface area contributed by atoms with Crippen molar-refractivity contribution in [3.05, 3.63) is 266 Å². The number of nitrogens with zero attached hydrogens (tertiary/aromatic N) is 7. The van der Waals surface area contributed by atoms with Crippen molar-refractivity contribution < 1.29 is 0 Å². The zero-order valence-corrected chi connectivity index (χ0v) is 42.0. The third kappa shape index (κ3) is 6.51. The number of rotatable bonds is 7. The first-order valence-corrected chi connectivity index (χ1v) is 26.3. The van der Waals surface area contributed by atoms with Crippen LogP contribution in [0.25, 0.3) is 144 Å². The second-order valence-electron chi connectivity index (χ2n) is 20.0. The molecule has 362 valence electrons. The molecule has 0 saturated heterocycles. The molecule has 7 heteroatoms. The smallest absolute Gasteiger partial charge is 0.160 e. The fraction of sp³-hybridized carbons (Fsp3) is 0. The Kier molecular flexibility index (Phi) is 9.56. The van der Waals surface area contributed by atoms with Crippen molar-refractivity contribution in [2.75, 3.05) is 0 Å². The highest BCUT2D eigenvalue weighted by Gasteiger charge is 2.25. The van der Waals surface area contributed by atoms with Crippen LogP contribution in [0.2, 0.25) is 0 Å². The highest BCUT2D eigenvalue weighted by molar-refractivity contribution is 6.14. The van der Waals surface area contributed by atoms with Gasteiger partial charge in [0.15, 0.2) is 5.82 Å². The summed E-state index contributed by atoms with van der Waals surface area (Å²) in [4.78, 5) is 10.6. The molecule has 5 aromatic heterocycles. The summed E-state index contributed by atoms with van der Waals surface area (Å²) >= 11 is 0. The van der Waals surface area contributed by atoms with Gasteiger partial charge in [-0.25, -0.2) is 9.97 Å². The molecule has 0 amide bonds. The van der Waals surface area contributed by atoms with Crippen molar-refractivity contribution in [1.82, 2.24) is 28.2 Å². The molecule has 78 heavy (non-hydrogen) atoms. The first kappa shape index (κ1) is 43.6. The first-order chi connectivity index (χ1) is 38.7. The van der Waals surface area contributed by atoms with Gasteiger partial charge >= 0.3 is 0 Å². The number of hydrogen-bond acceptors (Lipinski definition) is 3. The highest BCUT2D eigenvalue weighted by Crippen LogP contribution is 2.43. The zero-order chi connectivity index (χ0) is 51.4. The molecule has 11 aromatic carbocycles. The van der Waals surface area contributed by atoms with Crippen LogP contribution >= 0.6 is 0 Å². The second-order valence-corrected chi connectivity index (χ2v) is 20.0. The minimum absolute atomic E-state index is 0.530. The van der Waals surface area contributed by atoms with Gasteiger partial charge in [0, 0.05) is 71.2 Å². The summed E-state index contributed by atoms with van der Waals surface area (Å²) in [6, 6.07) is 94.9. The van der Waals surface area contributed by atoms with Crippen LogP contribution in [0.3, 0.4) is 0 Å². The molecule has 0 N–H and O–H groups in total. The number of fused-ring (bicyclic) bond motifs is 12. The van der Waals surface area contributed by atoms with Crippen molar-refractivity contribution in [3.8, 4) is 62.7 Å². The van der Waals surface area contributed by atoms with Crippen molar-refractivity contribution in [2.24, 2.45) is 0 Å². The average molecular weight is 994 g/mol. The van der Waals surface area contributed by atoms with Crippen LogP contribution < -0.4 is 0 Å². The molecular weight excluding hydrogens is 951 g/mol. The van der Waals surface area contributed by atoms with E-state index in [2.05, 4.69) is 249 Å². The van der Waals surface area contributed by atoms with E-state index in [0.29, 0.717) is 11.4 Å². The van der Waals surface area contributed by atoms with Gasteiger partial charge in [0.2, 0.25) is 0 Å². The van der Waals surface area contributed by atoms with Gasteiger partial charge in [0.05, 0.1) is 66.9 Å². The van der Waals surface area contributed by atoms with Gasteiger partial charge in [-0.15, -0.1) is 0 Å². The maximum atomic E-state index is 12.0. The Morgan fingerprint density at radius 3 is 0.987 bits per heavy atom. The Balaban J connectivity index is 0.993. The van der Waals surface area contributed by atoms with E-state index in [1.54, 1.807) is 0 Å². The van der Waals surface area contributed by atoms with Crippen molar-refractivity contribution in [2.45, 2.75) is 0 Å². The number of nitriles is 1. The molecule has 0 saturated carbocycles. The van der Waals surface area contributed by atoms with Crippen LogP contribution in [-0.4, -0.2) is 28.2 Å². The van der Waals surface area contributed by atoms with Gasteiger partial charge in [0.1, 0.15) is 11.6 Å². The molecule has 5 heterocycles. The molecule has 0 aliphatic carbocycles. The number of hydrogen-bond donors (Lipinski definition) is 0. The van der Waals surface area contributed by atoms with Crippen LogP contribution in [-0.2, 0) is 0 Å². The van der Waals surface area contributed by atoms with Crippen LogP contribution in [0.15, 0.2) is 261 Å². The molecule has 0 spiro atoms. The van der Waals surface area contributed by atoms with Gasteiger partial charge in [-0.1, -0.05) is 170 Å². The van der Waals surface area contributed by atoms with Crippen LogP contribution in [0.4, 0.5) is 0 Å². The molecule has 0 fully saturated rings. The molecule has 0 aliphatic rings. The summed E-state index contributed by atoms with van der Waals surface area (Å²) in [6.07, 6.45) is 0. The summed E-state index contributed by atoms with van der Waals surface area (Å²) in [5.74, 6) is 0.614. The van der Waals surface area contributed by atoms with Gasteiger partial charge in [-0.05, 0) is 91.0 Å². The van der Waals surface area contributed by atoms with E-state index in [1.165, 1.54) is 21.5 Å². The Bertz CT molecular complexity index is 4750. The maximum Gasteiger partial charge on any atom is 0.160 e. The Morgan fingerprint density at radius 1 is 0.269 bits per heavy atom. The SMILES string of the molecule is N#Cc1c(-n2c3ccccc3c3cc(-n4c5ccccc5c5ccccc54)ccc32)cc(-c2cc(-c3ccccc3)nc(-c3ccccc3)n2)cc1-n1c2ccccc2c2cc(-n3c4ccccc4c4ccccc43)ccc21. The Morgan fingerprint density at radius 2 is 0.590 bits per heavy atom. The fourth-order valence-electron chi connectivity index (χ4n) is 12.4. The Labute approximate surface area is 447 Å². The average Bonchev–Trinajstić information content (AvgIpc) is 4.41. The van der Waals surface area contributed by atoms with Crippen LogP contribution in [0.5, 0.6) is 0 Å². The molecule has 0 radical (unpaired) electrons. The summed E-state index contributed by atoms with van der Waals surface area (Å²) in [7, 11) is 0. The maximum absolute atomic E-state index is 12.0. The molecule has 0 bridgehead atoms. The van der Waals surface area contributed by atoms with Gasteiger partial charge < -0.3 is 18.3 Å². The van der Waals surface area contributed by atoms with Crippen LogP contribution in [0, 0.1) is 11.3 Å². The predicted molar refractivity (Wildman–Crippen MR) is 320 cm³/mol. The summed E-state index contributed by atoms with van der Waals surface area (Å²) < 4.78 is 9.32. The number of para-hydroxylation sites is 6. The normalized spacial score (nSPS) is 11.8. The molecule has 0 atom stereocenters. The number of aromatic nitrogens is 6. The van der Waals surface area contributed by atoms with E-state index in [-0.39, 0.29) is 0 Å². The number of benzene rings is 11. The van der Waals surface area contributed by atoms with E-state index in [4.69, 9.17) is 9.97 Å². The standard InChI is InChI=1S/C71H43N7/c72-44-58-69(77-65-33-17-11-27-54(65)56-41-48(35-37-67(56)77)75-61-29-13-7-23-50(61)51-24-8-14-30-62(51)75)39-47(60-43-59(45-19-3-1-4-20-45)73-71(74-60)46-21-5-2-6-22-46)40-70(58)78-66-34-18-12-28-55(66)57-42-49(36-38-68(57)78)76-63-31-15-9-25-52(63)53-26-10-16-32-64(53)76/h1-43H. The highest BCUT2D eigenvalue weighted by atomic mass is 15.0. The minimum Gasteiger partial charge on any atom is -0.309 e. The van der Waals surface area contributed by atoms with Crippen molar-refractivity contribution in [3.63, 3.8) is 0 Å². The van der Waals surface area contributed by atoms with E-state index < -0.39 is 0 Å². The monoisotopic (exact) mass is 993 g/mol. The lowest BCUT2D eigenvalue weighted by atomic mass is 10.0. The summed E-state index contributed by atoms with van der Waals surface area (Å²) in [5.41, 5.74) is 16.9. The van der Waals surface area contributed by atoms with Crippen molar-refractivity contribution >= 4 is 87.2 Å². The van der Waals surface area contributed by atoms with E-state index in [9.17, 15) is 5.26 Å². The van der Waals surface area contributed by atoms with Gasteiger partial charge in [0.25, 0.3) is 0 Å². The third-order valence-corrected chi connectivity index (χ3v) is 15.8. The molecule has 16 aromatic rings. The second kappa shape index (κ2) is 17.1. The van der Waals surface area contributed by atoms with Gasteiger partial charge in [-0.2, -0.15) is 5.26 Å². The summed E-state index contributed by atoms with van der Waals surface area (Å²) in [5, 5.41) is 21.1. The van der Waals surface area contributed by atoms with Crippen LogP contribution in [0.1, 0.15) is 5.56 Å². The van der Waals surface area contributed by atoms with Gasteiger partial charge in [-0.3, -0.25) is 0 Å². The lowest BCUT2D eigenvalue weighted by molar-refractivity contribution is 1.11. The third-order valence-electron chi connectivity index (χ3n) is 15.8. The van der Waals surface area contributed by atoms with E-state index >= 15 is 0 Å². The largest absolute Gasteiger partial charge is 0.309 e. The molecule has 16 rings (SSSR count).